The quantitative estimate of drug-likeness (QED) is 0.633. The van der Waals surface area contributed by atoms with Crippen LogP contribution < -0.4 is 5.32 Å². The van der Waals surface area contributed by atoms with Gasteiger partial charge in [-0.1, -0.05) is 48.0 Å². The highest BCUT2D eigenvalue weighted by molar-refractivity contribution is 7.99. The summed E-state index contributed by atoms with van der Waals surface area (Å²) in [6.45, 7) is 10.1. The molecular weight excluding hydrogens is 380 g/mol. The van der Waals surface area contributed by atoms with E-state index in [1.54, 1.807) is 23.6 Å². The number of aryl methyl sites for hydroxylation is 1. The molecule has 0 aliphatic carbocycles. The van der Waals surface area contributed by atoms with E-state index >= 15 is 0 Å². The van der Waals surface area contributed by atoms with Crippen molar-refractivity contribution in [2.24, 2.45) is 0 Å². The minimum Gasteiger partial charge on any atom is -0.350 e. The third-order valence-electron chi connectivity index (χ3n) is 4.47. The molecule has 0 saturated carbocycles. The number of carbonyl (C=O) groups is 2. The van der Waals surface area contributed by atoms with Crippen LogP contribution in [0.15, 0.2) is 59.5 Å². The van der Waals surface area contributed by atoms with Gasteiger partial charge in [-0.3, -0.25) is 9.59 Å². The zero-order valence-corrected chi connectivity index (χ0v) is 18.9. The van der Waals surface area contributed by atoms with Crippen LogP contribution in [0.3, 0.4) is 0 Å². The summed E-state index contributed by atoms with van der Waals surface area (Å²) in [6, 6.07) is 17.6. The molecule has 0 aromatic heterocycles. The van der Waals surface area contributed by atoms with E-state index in [0.29, 0.717) is 18.7 Å². The Bertz CT molecular complexity index is 798. The van der Waals surface area contributed by atoms with Gasteiger partial charge in [-0.05, 0) is 52.3 Å². The zero-order valence-electron chi connectivity index (χ0n) is 18.1. The first-order valence-electron chi connectivity index (χ1n) is 10.0. The van der Waals surface area contributed by atoms with Gasteiger partial charge in [0.05, 0.1) is 0 Å². The summed E-state index contributed by atoms with van der Waals surface area (Å²) in [5, 5.41) is 2.99. The Labute approximate surface area is 179 Å². The van der Waals surface area contributed by atoms with Gasteiger partial charge in [0.15, 0.2) is 0 Å². The maximum absolute atomic E-state index is 13.0. The van der Waals surface area contributed by atoms with Crippen molar-refractivity contribution >= 4 is 23.6 Å². The molecule has 5 heteroatoms. The molecule has 0 aliphatic rings. The Balaban J connectivity index is 2.05. The molecule has 156 valence electrons. The molecule has 0 spiro atoms. The molecule has 0 heterocycles. The van der Waals surface area contributed by atoms with Crippen LogP contribution >= 0.6 is 11.8 Å². The number of thioether (sulfide) groups is 1. The van der Waals surface area contributed by atoms with Crippen LogP contribution in [-0.4, -0.2) is 34.0 Å². The Morgan fingerprint density at radius 2 is 1.66 bits per heavy atom. The summed E-state index contributed by atoms with van der Waals surface area (Å²) < 4.78 is 0. The number of nitrogens with one attached hydrogen (secondary N) is 1. The summed E-state index contributed by atoms with van der Waals surface area (Å²) in [7, 11) is 0. The molecule has 0 bridgehead atoms. The van der Waals surface area contributed by atoms with Crippen molar-refractivity contribution in [1.82, 2.24) is 10.2 Å². The van der Waals surface area contributed by atoms with Crippen LogP contribution in [0.25, 0.3) is 0 Å². The highest BCUT2D eigenvalue weighted by Gasteiger charge is 2.28. The SMILES string of the molecule is Cc1ccc(SCCC(=O)N(Cc2ccccc2)[C@H](C)C(=O)NC(C)(C)C)cc1. The lowest BCUT2D eigenvalue weighted by molar-refractivity contribution is -0.140. The average Bonchev–Trinajstić information content (AvgIpc) is 2.66. The Morgan fingerprint density at radius 3 is 2.24 bits per heavy atom. The van der Waals surface area contributed by atoms with Gasteiger partial charge in [0.1, 0.15) is 6.04 Å². The van der Waals surface area contributed by atoms with Gasteiger partial charge in [0.2, 0.25) is 11.8 Å². The standard InChI is InChI=1S/C24H32N2O2S/c1-18-11-13-21(14-12-18)29-16-15-22(27)26(17-20-9-7-6-8-10-20)19(2)23(28)25-24(3,4)5/h6-14,19H,15-17H2,1-5H3,(H,25,28)/t19-/m1/s1. The highest BCUT2D eigenvalue weighted by atomic mass is 32.2. The second-order valence-electron chi connectivity index (χ2n) is 8.33. The summed E-state index contributed by atoms with van der Waals surface area (Å²) >= 11 is 1.66. The Kier molecular flexibility index (Phi) is 8.32. The van der Waals surface area contributed by atoms with Crippen LogP contribution in [-0.2, 0) is 16.1 Å². The normalized spacial score (nSPS) is 12.3. The van der Waals surface area contributed by atoms with Gasteiger partial charge in [0.25, 0.3) is 0 Å². The van der Waals surface area contributed by atoms with Crippen LogP contribution in [0.4, 0.5) is 0 Å². The van der Waals surface area contributed by atoms with Crippen molar-refractivity contribution < 1.29 is 9.59 Å². The average molecular weight is 413 g/mol. The fourth-order valence-corrected chi connectivity index (χ4v) is 3.71. The number of amides is 2. The van der Waals surface area contributed by atoms with Crippen LogP contribution in [0.1, 0.15) is 45.2 Å². The van der Waals surface area contributed by atoms with Crippen LogP contribution in [0.2, 0.25) is 0 Å². The van der Waals surface area contributed by atoms with E-state index in [2.05, 4.69) is 36.5 Å². The van der Waals surface area contributed by atoms with E-state index in [-0.39, 0.29) is 17.4 Å². The molecule has 0 unspecified atom stereocenters. The molecule has 0 saturated heterocycles. The molecule has 2 amide bonds. The van der Waals surface area contributed by atoms with Gasteiger partial charge in [-0.15, -0.1) is 11.8 Å². The number of rotatable bonds is 8. The fraction of sp³-hybridized carbons (Fsp3) is 0.417. The number of nitrogens with zero attached hydrogens (tertiary/aromatic N) is 1. The maximum Gasteiger partial charge on any atom is 0.242 e. The number of hydrogen-bond acceptors (Lipinski definition) is 3. The predicted molar refractivity (Wildman–Crippen MR) is 121 cm³/mol. The predicted octanol–water partition coefficient (Wildman–Crippen LogP) is 4.81. The van der Waals surface area contributed by atoms with Crippen molar-refractivity contribution in [3.05, 3.63) is 65.7 Å². The van der Waals surface area contributed by atoms with Crippen LogP contribution in [0.5, 0.6) is 0 Å². The highest BCUT2D eigenvalue weighted by Crippen LogP contribution is 2.20. The number of carbonyl (C=O) groups excluding carboxylic acids is 2. The van der Waals surface area contributed by atoms with Crippen molar-refractivity contribution in [2.75, 3.05) is 5.75 Å². The second-order valence-corrected chi connectivity index (χ2v) is 9.50. The zero-order chi connectivity index (χ0) is 21.4. The molecule has 1 atom stereocenters. The monoisotopic (exact) mass is 412 g/mol. The third kappa shape index (κ3) is 7.94. The first kappa shape index (κ1) is 23.0. The molecule has 2 aromatic carbocycles. The van der Waals surface area contributed by atoms with Gasteiger partial charge >= 0.3 is 0 Å². The molecular formula is C24H32N2O2S. The fourth-order valence-electron chi connectivity index (χ4n) is 2.87. The van der Waals surface area contributed by atoms with Crippen molar-refractivity contribution in [2.45, 2.75) is 64.1 Å². The lowest BCUT2D eigenvalue weighted by Gasteiger charge is -2.31. The molecule has 4 nitrogen and oxygen atoms in total. The Morgan fingerprint density at radius 1 is 1.03 bits per heavy atom. The lowest BCUT2D eigenvalue weighted by Crippen LogP contribution is -2.52. The first-order valence-corrected chi connectivity index (χ1v) is 11.0. The van der Waals surface area contributed by atoms with Gasteiger partial charge < -0.3 is 10.2 Å². The van der Waals surface area contributed by atoms with Gasteiger partial charge in [0, 0.05) is 29.2 Å². The largest absolute Gasteiger partial charge is 0.350 e. The summed E-state index contributed by atoms with van der Waals surface area (Å²) in [5.74, 6) is 0.541. The molecule has 29 heavy (non-hydrogen) atoms. The van der Waals surface area contributed by atoms with Gasteiger partial charge in [-0.25, -0.2) is 0 Å². The molecule has 0 fully saturated rings. The van der Waals surface area contributed by atoms with Crippen molar-refractivity contribution in [3.8, 4) is 0 Å². The van der Waals surface area contributed by atoms with Crippen molar-refractivity contribution in [3.63, 3.8) is 0 Å². The van der Waals surface area contributed by atoms with Gasteiger partial charge in [-0.2, -0.15) is 0 Å². The molecule has 2 rings (SSSR count). The minimum atomic E-state index is -0.536. The smallest absolute Gasteiger partial charge is 0.242 e. The van der Waals surface area contributed by atoms with E-state index in [4.69, 9.17) is 0 Å². The summed E-state index contributed by atoms with van der Waals surface area (Å²) in [5.41, 5.74) is 1.90. The summed E-state index contributed by atoms with van der Waals surface area (Å²) in [4.78, 5) is 28.6. The first-order chi connectivity index (χ1) is 13.7. The van der Waals surface area contributed by atoms with E-state index in [1.165, 1.54) is 5.56 Å². The second kappa shape index (κ2) is 10.5. The molecule has 2 aromatic rings. The maximum atomic E-state index is 13.0. The van der Waals surface area contributed by atoms with Crippen molar-refractivity contribution in [1.29, 1.82) is 0 Å². The van der Waals surface area contributed by atoms with E-state index < -0.39 is 6.04 Å². The van der Waals surface area contributed by atoms with E-state index in [9.17, 15) is 9.59 Å². The molecule has 1 N–H and O–H groups in total. The van der Waals surface area contributed by atoms with Crippen LogP contribution in [0, 0.1) is 6.92 Å². The minimum absolute atomic E-state index is 0.00924. The molecule has 0 radical (unpaired) electrons. The topological polar surface area (TPSA) is 49.4 Å². The van der Waals surface area contributed by atoms with E-state index in [1.807, 2.05) is 51.1 Å². The summed E-state index contributed by atoms with van der Waals surface area (Å²) in [6.07, 6.45) is 0.387. The van der Waals surface area contributed by atoms with E-state index in [0.717, 1.165) is 10.5 Å². The number of hydrogen-bond donors (Lipinski definition) is 1. The lowest BCUT2D eigenvalue weighted by atomic mass is 10.1. The third-order valence-corrected chi connectivity index (χ3v) is 5.48. The molecule has 0 aliphatic heterocycles. The number of benzene rings is 2. The Hall–Kier alpha value is -2.27.